The molecule has 0 saturated carbocycles. The minimum Gasteiger partial charge on any atom is -0.374 e. The van der Waals surface area contributed by atoms with E-state index >= 15 is 8.78 Å². The summed E-state index contributed by atoms with van der Waals surface area (Å²) < 4.78 is 59.1. The quantitative estimate of drug-likeness (QED) is 0.0934. The molecule has 4 N–H and O–H groups in total. The van der Waals surface area contributed by atoms with Gasteiger partial charge in [0.05, 0.1) is 17.8 Å². The van der Waals surface area contributed by atoms with Gasteiger partial charge in [-0.1, -0.05) is 31.2 Å². The van der Waals surface area contributed by atoms with Crippen LogP contribution in [0.25, 0.3) is 22.2 Å². The summed E-state index contributed by atoms with van der Waals surface area (Å²) in [5.41, 5.74) is 3.29. The van der Waals surface area contributed by atoms with E-state index in [-0.39, 0.29) is 29.8 Å². The Morgan fingerprint density at radius 2 is 1.64 bits per heavy atom. The Balaban J connectivity index is 0.856. The number of aromatic nitrogens is 2. The lowest BCUT2D eigenvalue weighted by molar-refractivity contribution is -0.135. The smallest absolute Gasteiger partial charge is 0.301 e. The number of piperazine rings is 2. The zero-order chi connectivity index (χ0) is 45.1. The van der Waals surface area contributed by atoms with Crippen LogP contribution in [-0.4, -0.2) is 139 Å². The molecular weight excluding hydrogens is 847 g/mol. The molecule has 8 rings (SSSR count). The molecular formula is C45H50F2N10O6S. The molecule has 1 atom stereocenters. The second-order valence-corrected chi connectivity index (χ2v) is 18.0. The number of carbonyl (C=O) groups excluding carboxylic acids is 4. The van der Waals surface area contributed by atoms with Crippen molar-refractivity contribution in [1.29, 1.82) is 0 Å². The fourth-order valence-electron chi connectivity index (χ4n) is 8.29. The number of halogens is 2. The summed E-state index contributed by atoms with van der Waals surface area (Å²) in [6, 6.07) is 18.8. The van der Waals surface area contributed by atoms with Crippen molar-refractivity contribution >= 4 is 61.8 Å². The molecule has 2 aromatic heterocycles. The second-order valence-electron chi connectivity index (χ2n) is 16.2. The van der Waals surface area contributed by atoms with Gasteiger partial charge >= 0.3 is 10.2 Å². The highest BCUT2D eigenvalue weighted by Gasteiger charge is 2.30. The molecule has 3 fully saturated rings. The number of rotatable bonds is 14. The van der Waals surface area contributed by atoms with Gasteiger partial charge in [-0.2, -0.15) is 12.7 Å². The predicted molar refractivity (Wildman–Crippen MR) is 239 cm³/mol. The number of hydrogen-bond donors (Lipinski definition) is 4. The first-order chi connectivity index (χ1) is 30.8. The van der Waals surface area contributed by atoms with Crippen LogP contribution >= 0.6 is 0 Å². The number of amides is 3. The highest BCUT2D eigenvalue weighted by Crippen LogP contribution is 2.32. The third-order valence-electron chi connectivity index (χ3n) is 12.2. The average molecular weight is 897 g/mol. The molecule has 1 unspecified atom stereocenters. The zero-order valence-electron chi connectivity index (χ0n) is 35.6. The van der Waals surface area contributed by atoms with Crippen molar-refractivity contribution < 1.29 is 36.4 Å². The van der Waals surface area contributed by atoms with Gasteiger partial charge in [0.25, 0.3) is 0 Å². The molecule has 3 aliphatic heterocycles. The number of ketones is 1. The van der Waals surface area contributed by atoms with Gasteiger partial charge in [0.2, 0.25) is 23.5 Å². The Morgan fingerprint density at radius 3 is 2.36 bits per heavy atom. The van der Waals surface area contributed by atoms with Crippen LogP contribution in [0.3, 0.4) is 0 Å². The molecule has 5 aromatic rings. The number of hydrogen-bond acceptors (Lipinski definition) is 11. The largest absolute Gasteiger partial charge is 0.374 e. The van der Waals surface area contributed by atoms with Crippen LogP contribution < -0.4 is 20.3 Å². The summed E-state index contributed by atoms with van der Waals surface area (Å²) in [6.45, 7) is 8.24. The molecule has 64 heavy (non-hydrogen) atoms. The number of fused-ring (bicyclic) bond motifs is 1. The third kappa shape index (κ3) is 9.62. The number of nitrogens with one attached hydrogen (secondary N) is 4. The molecule has 0 bridgehead atoms. The number of H-pyrrole nitrogens is 1. The number of carbonyl (C=O) groups is 4. The van der Waals surface area contributed by atoms with Gasteiger partial charge in [0, 0.05) is 119 Å². The van der Waals surface area contributed by atoms with Gasteiger partial charge in [0.1, 0.15) is 17.5 Å². The Morgan fingerprint density at radius 1 is 0.922 bits per heavy atom. The third-order valence-corrected chi connectivity index (χ3v) is 13.7. The first kappa shape index (κ1) is 44.3. The fraction of sp³-hybridized carbons (Fsp3) is 0.356. The lowest BCUT2D eigenvalue weighted by Gasteiger charge is -2.38. The van der Waals surface area contributed by atoms with Crippen molar-refractivity contribution in [3.8, 4) is 11.1 Å². The first-order valence-electron chi connectivity index (χ1n) is 21.3. The summed E-state index contributed by atoms with van der Waals surface area (Å²) in [7, 11) is -2.85. The van der Waals surface area contributed by atoms with Crippen LogP contribution in [0.15, 0.2) is 79.1 Å². The van der Waals surface area contributed by atoms with E-state index in [1.54, 1.807) is 19.2 Å². The molecule has 0 aliphatic carbocycles. The van der Waals surface area contributed by atoms with E-state index in [2.05, 4.69) is 40.0 Å². The Labute approximate surface area is 369 Å². The van der Waals surface area contributed by atoms with E-state index in [1.165, 1.54) is 13.2 Å². The van der Waals surface area contributed by atoms with Crippen LogP contribution in [-0.2, 0) is 31.1 Å². The summed E-state index contributed by atoms with van der Waals surface area (Å²) in [6.07, 6.45) is 3.78. The van der Waals surface area contributed by atoms with Crippen LogP contribution in [0, 0.1) is 11.6 Å². The van der Waals surface area contributed by atoms with Gasteiger partial charge in [-0.05, 0) is 60.0 Å². The van der Waals surface area contributed by atoms with Crippen LogP contribution in [0.1, 0.15) is 41.3 Å². The van der Waals surface area contributed by atoms with Crippen molar-refractivity contribution in [1.82, 2.24) is 34.3 Å². The number of nitrogens with zero attached hydrogens (tertiary/aromatic N) is 6. The highest BCUT2D eigenvalue weighted by molar-refractivity contribution is 7.90. The Kier molecular flexibility index (Phi) is 13.0. The number of piperidine rings is 1. The number of anilines is 3. The maximum atomic E-state index is 15.7. The summed E-state index contributed by atoms with van der Waals surface area (Å²) >= 11 is 0. The molecule has 3 aliphatic rings. The predicted octanol–water partition coefficient (Wildman–Crippen LogP) is 4.03. The van der Waals surface area contributed by atoms with E-state index in [1.807, 2.05) is 53.4 Å². The lowest BCUT2D eigenvalue weighted by Crippen LogP contribution is -2.53. The van der Waals surface area contributed by atoms with Crippen molar-refractivity contribution in [3.05, 3.63) is 107 Å². The lowest BCUT2D eigenvalue weighted by atomic mass is 9.97. The second kappa shape index (κ2) is 18.8. The molecule has 336 valence electrons. The molecule has 3 amide bonds. The Hall–Kier alpha value is -6.28. The van der Waals surface area contributed by atoms with E-state index in [9.17, 15) is 27.6 Å². The number of benzene rings is 3. The van der Waals surface area contributed by atoms with Crippen LogP contribution in [0.4, 0.5) is 25.8 Å². The molecule has 19 heteroatoms. The van der Waals surface area contributed by atoms with E-state index in [0.29, 0.717) is 68.7 Å². The Bertz CT molecular complexity index is 2680. The van der Waals surface area contributed by atoms with Crippen molar-refractivity contribution in [2.75, 3.05) is 87.4 Å². The molecule has 3 saturated heterocycles. The maximum Gasteiger partial charge on any atom is 0.301 e. The summed E-state index contributed by atoms with van der Waals surface area (Å²) in [5, 5.41) is 5.92. The molecule has 0 radical (unpaired) electrons. The fourth-order valence-corrected chi connectivity index (χ4v) is 9.22. The van der Waals surface area contributed by atoms with Crippen molar-refractivity contribution in [2.45, 2.75) is 32.4 Å². The van der Waals surface area contributed by atoms with Gasteiger partial charge < -0.3 is 20.1 Å². The summed E-state index contributed by atoms with van der Waals surface area (Å²) in [5.74, 6) is -3.89. The maximum absolute atomic E-state index is 15.7. The normalized spacial score (nSPS) is 17.8. The highest BCUT2D eigenvalue weighted by atomic mass is 32.2. The minimum absolute atomic E-state index is 0.0270. The number of aromatic amines is 1. The van der Waals surface area contributed by atoms with Gasteiger partial charge in [-0.15, -0.1) is 0 Å². The number of pyridine rings is 1. The molecule has 0 spiro atoms. The topological polar surface area (TPSA) is 183 Å². The van der Waals surface area contributed by atoms with E-state index in [4.69, 9.17) is 0 Å². The number of imide groups is 1. The van der Waals surface area contributed by atoms with E-state index in [0.717, 1.165) is 65.1 Å². The first-order valence-corrected chi connectivity index (χ1v) is 22.7. The van der Waals surface area contributed by atoms with Crippen molar-refractivity contribution in [3.63, 3.8) is 0 Å². The zero-order valence-corrected chi connectivity index (χ0v) is 36.4. The van der Waals surface area contributed by atoms with Crippen LogP contribution in [0.5, 0.6) is 0 Å². The minimum atomic E-state index is -4.15. The van der Waals surface area contributed by atoms with Crippen LogP contribution in [0.2, 0.25) is 0 Å². The van der Waals surface area contributed by atoms with Crippen molar-refractivity contribution in [2.24, 2.45) is 0 Å². The molecule has 16 nitrogen and oxygen atoms in total. The summed E-state index contributed by atoms with van der Waals surface area (Å²) in [4.78, 5) is 67.0. The monoisotopic (exact) mass is 896 g/mol. The van der Waals surface area contributed by atoms with Gasteiger partial charge in [-0.25, -0.2) is 13.8 Å². The SMILES string of the molecule is CCN(C)S(=O)(=O)Nc1ccc(F)c(C(=O)c2c[nH]c3ncc(-c4ccccc4CN4CCN(C(=O)CN5CCN(c6ccc(NC7CCC(=O)NC7=O)cc6)CC5)CC4)cc23)c1F. The molecule has 5 heterocycles. The average Bonchev–Trinajstić information content (AvgIpc) is 3.72. The molecule has 3 aromatic carbocycles. The standard InChI is InChI=1S/C45H50F2N10O6S/c1-3-53(2)64(62,63)52-37-13-12-36(46)41(42(37)47)43(60)35-26-49-44-34(35)24-30(25-48-44)33-7-5-4-6-29(33)27-54-18-22-57(23-19-54)40(59)28-55-16-20-56(21-17-55)32-10-8-31(9-11-32)50-38-14-15-39(58)51-45(38)61/h4-13,24-26,38,50,52H,3,14-23,27-28H2,1-2H3,(H,48,49)(H,51,58,61). The van der Waals surface area contributed by atoms with Gasteiger partial charge in [0.15, 0.2) is 5.82 Å². The van der Waals surface area contributed by atoms with Gasteiger partial charge in [-0.3, -0.25) is 39.0 Å². The van der Waals surface area contributed by atoms with E-state index < -0.39 is 44.9 Å².